The summed E-state index contributed by atoms with van der Waals surface area (Å²) in [5, 5.41) is 1.00. The lowest BCUT2D eigenvalue weighted by atomic mass is 9.97. The summed E-state index contributed by atoms with van der Waals surface area (Å²) in [6, 6.07) is 14.3. The monoisotopic (exact) mass is 375 g/mol. The molecule has 1 aromatic carbocycles. The van der Waals surface area contributed by atoms with Crippen LogP contribution in [0.25, 0.3) is 22.2 Å². The average Bonchev–Trinajstić information content (AvgIpc) is 2.73. The van der Waals surface area contributed by atoms with Crippen LogP contribution in [-0.4, -0.2) is 43.1 Å². The lowest BCUT2D eigenvalue weighted by molar-refractivity contribution is -0.122. The first-order chi connectivity index (χ1) is 13.5. The Hall–Kier alpha value is -3.15. The molecule has 0 saturated carbocycles. The van der Waals surface area contributed by atoms with Crippen molar-refractivity contribution >= 4 is 28.3 Å². The van der Waals surface area contributed by atoms with E-state index in [1.54, 1.807) is 6.20 Å². The molecule has 1 atom stereocenters. The molecule has 3 aromatic rings. The van der Waals surface area contributed by atoms with Gasteiger partial charge in [0.2, 0.25) is 5.91 Å². The van der Waals surface area contributed by atoms with Crippen LogP contribution in [0, 0.1) is 5.92 Å². The molecular formula is C22H25N5O. The smallest absolute Gasteiger partial charge is 0.222 e. The number of piperidine rings is 1. The minimum atomic E-state index is -0.234. The van der Waals surface area contributed by atoms with Crippen LogP contribution >= 0.6 is 0 Å². The van der Waals surface area contributed by atoms with Crippen molar-refractivity contribution in [2.24, 2.45) is 11.7 Å². The Bertz CT molecular complexity index is 999. The molecule has 1 aliphatic rings. The predicted molar refractivity (Wildman–Crippen MR) is 113 cm³/mol. The zero-order valence-electron chi connectivity index (χ0n) is 16.3. The van der Waals surface area contributed by atoms with Gasteiger partial charge < -0.3 is 15.5 Å². The SMILES string of the molecule is CN(C)c1ccc(-c2cc3ncccc3c(N3CCCC(C(N)=O)C3)n2)cc1. The van der Waals surface area contributed by atoms with Gasteiger partial charge in [0.15, 0.2) is 0 Å². The average molecular weight is 375 g/mol. The molecule has 0 radical (unpaired) electrons. The molecule has 0 bridgehead atoms. The Morgan fingerprint density at radius 3 is 2.71 bits per heavy atom. The number of rotatable bonds is 4. The Morgan fingerprint density at radius 1 is 1.21 bits per heavy atom. The number of carbonyl (C=O) groups excluding carboxylic acids is 1. The van der Waals surface area contributed by atoms with E-state index >= 15 is 0 Å². The topological polar surface area (TPSA) is 75.3 Å². The van der Waals surface area contributed by atoms with E-state index in [1.807, 2.05) is 32.3 Å². The van der Waals surface area contributed by atoms with E-state index in [4.69, 9.17) is 10.7 Å². The third kappa shape index (κ3) is 3.50. The van der Waals surface area contributed by atoms with Crippen molar-refractivity contribution in [1.82, 2.24) is 9.97 Å². The molecule has 2 N–H and O–H groups in total. The Morgan fingerprint density at radius 2 is 2.00 bits per heavy atom. The summed E-state index contributed by atoms with van der Waals surface area (Å²) < 4.78 is 0. The normalized spacial score (nSPS) is 16.9. The summed E-state index contributed by atoms with van der Waals surface area (Å²) >= 11 is 0. The number of hydrogen-bond donors (Lipinski definition) is 1. The number of amides is 1. The molecule has 1 saturated heterocycles. The van der Waals surface area contributed by atoms with Gasteiger partial charge in [-0.3, -0.25) is 9.78 Å². The minimum absolute atomic E-state index is 0.134. The Kier molecular flexibility index (Phi) is 4.86. The maximum atomic E-state index is 11.7. The summed E-state index contributed by atoms with van der Waals surface area (Å²) in [7, 11) is 4.05. The summed E-state index contributed by atoms with van der Waals surface area (Å²) in [6.45, 7) is 1.47. The van der Waals surface area contributed by atoms with E-state index in [9.17, 15) is 4.79 Å². The highest BCUT2D eigenvalue weighted by Gasteiger charge is 2.26. The highest BCUT2D eigenvalue weighted by molar-refractivity contribution is 5.92. The van der Waals surface area contributed by atoms with Crippen molar-refractivity contribution in [2.75, 3.05) is 37.0 Å². The third-order valence-corrected chi connectivity index (χ3v) is 5.38. The molecule has 28 heavy (non-hydrogen) atoms. The quantitative estimate of drug-likeness (QED) is 0.758. The van der Waals surface area contributed by atoms with Gasteiger partial charge in [0.1, 0.15) is 5.82 Å². The van der Waals surface area contributed by atoms with Crippen LogP contribution in [0.4, 0.5) is 11.5 Å². The van der Waals surface area contributed by atoms with Crippen molar-refractivity contribution in [1.29, 1.82) is 0 Å². The molecule has 3 heterocycles. The van der Waals surface area contributed by atoms with Gasteiger partial charge >= 0.3 is 0 Å². The van der Waals surface area contributed by atoms with Gasteiger partial charge in [0.25, 0.3) is 0 Å². The van der Waals surface area contributed by atoms with Gasteiger partial charge in [-0.1, -0.05) is 12.1 Å². The maximum Gasteiger partial charge on any atom is 0.222 e. The first kappa shape index (κ1) is 18.2. The second-order valence-electron chi connectivity index (χ2n) is 7.53. The fourth-order valence-corrected chi connectivity index (χ4v) is 3.78. The molecule has 1 unspecified atom stereocenters. The predicted octanol–water partition coefficient (Wildman–Crippen LogP) is 3.06. The van der Waals surface area contributed by atoms with Gasteiger partial charge in [-0.05, 0) is 43.2 Å². The van der Waals surface area contributed by atoms with Crippen molar-refractivity contribution in [3.05, 3.63) is 48.7 Å². The highest BCUT2D eigenvalue weighted by Crippen LogP contribution is 2.32. The summed E-state index contributed by atoms with van der Waals surface area (Å²) in [6.07, 6.45) is 3.57. The van der Waals surface area contributed by atoms with Gasteiger partial charge in [0.05, 0.1) is 17.1 Å². The highest BCUT2D eigenvalue weighted by atomic mass is 16.1. The molecule has 2 aromatic heterocycles. The van der Waals surface area contributed by atoms with Crippen LogP contribution in [0.3, 0.4) is 0 Å². The Labute approximate surface area is 165 Å². The molecule has 6 heteroatoms. The summed E-state index contributed by atoms with van der Waals surface area (Å²) in [5.74, 6) is 0.510. The maximum absolute atomic E-state index is 11.7. The molecule has 0 spiro atoms. The van der Waals surface area contributed by atoms with Gasteiger partial charge in [-0.25, -0.2) is 4.98 Å². The van der Waals surface area contributed by atoms with E-state index < -0.39 is 0 Å². The summed E-state index contributed by atoms with van der Waals surface area (Å²) in [4.78, 5) is 25.5. The molecule has 1 aliphatic heterocycles. The van der Waals surface area contributed by atoms with Crippen molar-refractivity contribution in [2.45, 2.75) is 12.8 Å². The number of aromatic nitrogens is 2. The molecule has 1 amide bonds. The first-order valence-electron chi connectivity index (χ1n) is 9.61. The van der Waals surface area contributed by atoms with Crippen LogP contribution in [0.5, 0.6) is 0 Å². The van der Waals surface area contributed by atoms with E-state index in [-0.39, 0.29) is 11.8 Å². The first-order valence-corrected chi connectivity index (χ1v) is 9.61. The molecule has 0 aliphatic carbocycles. The van der Waals surface area contributed by atoms with Gasteiger partial charge in [-0.15, -0.1) is 0 Å². The van der Waals surface area contributed by atoms with Crippen LogP contribution in [0.1, 0.15) is 12.8 Å². The second kappa shape index (κ2) is 7.46. The van der Waals surface area contributed by atoms with E-state index in [1.165, 1.54) is 0 Å². The number of pyridine rings is 2. The third-order valence-electron chi connectivity index (χ3n) is 5.38. The number of hydrogen-bond acceptors (Lipinski definition) is 5. The van der Waals surface area contributed by atoms with Gasteiger partial charge in [-0.2, -0.15) is 0 Å². The number of primary amides is 1. The molecule has 144 valence electrons. The fourth-order valence-electron chi connectivity index (χ4n) is 3.78. The number of anilines is 2. The van der Waals surface area contributed by atoms with Crippen LogP contribution in [0.15, 0.2) is 48.7 Å². The lowest BCUT2D eigenvalue weighted by Crippen LogP contribution is -2.41. The lowest BCUT2D eigenvalue weighted by Gasteiger charge is -2.33. The van der Waals surface area contributed by atoms with Crippen LogP contribution in [-0.2, 0) is 4.79 Å². The number of nitrogens with zero attached hydrogens (tertiary/aromatic N) is 4. The largest absolute Gasteiger partial charge is 0.378 e. The molecular weight excluding hydrogens is 350 g/mol. The van der Waals surface area contributed by atoms with Crippen molar-refractivity contribution < 1.29 is 4.79 Å². The molecule has 1 fully saturated rings. The van der Waals surface area contributed by atoms with E-state index in [2.05, 4.69) is 39.0 Å². The zero-order chi connectivity index (χ0) is 19.7. The zero-order valence-corrected chi connectivity index (χ0v) is 16.3. The standard InChI is InChI=1S/C22H25N5O/c1-26(2)17-9-7-15(8-10-17)19-13-20-18(6-3-11-24-20)22(25-19)27-12-4-5-16(14-27)21(23)28/h3,6-11,13,16H,4-5,12,14H2,1-2H3,(H2,23,28). The molecule has 6 nitrogen and oxygen atoms in total. The fraction of sp³-hybridized carbons (Fsp3) is 0.318. The van der Waals surface area contributed by atoms with E-state index in [0.29, 0.717) is 6.54 Å². The van der Waals surface area contributed by atoms with Crippen LogP contribution < -0.4 is 15.5 Å². The van der Waals surface area contributed by atoms with Crippen molar-refractivity contribution in [3.8, 4) is 11.3 Å². The Balaban J connectivity index is 1.78. The second-order valence-corrected chi connectivity index (χ2v) is 7.53. The summed E-state index contributed by atoms with van der Waals surface area (Å²) in [5.41, 5.74) is 9.55. The van der Waals surface area contributed by atoms with Crippen LogP contribution in [0.2, 0.25) is 0 Å². The number of carbonyl (C=O) groups is 1. The number of fused-ring (bicyclic) bond motifs is 1. The number of benzene rings is 1. The number of nitrogens with two attached hydrogens (primary N) is 1. The molecule has 4 rings (SSSR count). The van der Waals surface area contributed by atoms with Gasteiger partial charge in [0, 0.05) is 50.0 Å². The minimum Gasteiger partial charge on any atom is -0.378 e. The van der Waals surface area contributed by atoms with Crippen molar-refractivity contribution in [3.63, 3.8) is 0 Å². The van der Waals surface area contributed by atoms with E-state index in [0.717, 1.165) is 53.1 Å².